The number of aryl methyl sites for hydroxylation is 1. The van der Waals surface area contributed by atoms with Gasteiger partial charge in [0.1, 0.15) is 6.61 Å². The van der Waals surface area contributed by atoms with Gasteiger partial charge in [-0.05, 0) is 26.0 Å². The molecule has 0 saturated carbocycles. The fourth-order valence-corrected chi connectivity index (χ4v) is 2.92. The SMILES string of the molecule is CN(C)C(=O)COC[C@@H]1CN(Cc2cccn2C)CC(C)(C)O1. The molecule has 6 nitrogen and oxygen atoms in total. The Labute approximate surface area is 138 Å². The standard InChI is InChI=1S/C17H29N3O3/c1-17(2)13-20(9-14-7-6-8-19(14)5)10-15(23-17)11-22-12-16(21)18(3)4/h6-8,15H,9-13H2,1-5H3/t15-/m0/s1. The molecule has 1 aliphatic heterocycles. The molecule has 1 atom stereocenters. The van der Waals surface area contributed by atoms with Crippen LogP contribution in [0.4, 0.5) is 0 Å². The molecule has 0 spiro atoms. The normalized spacial score (nSPS) is 21.3. The summed E-state index contributed by atoms with van der Waals surface area (Å²) in [5.41, 5.74) is 1.06. The highest BCUT2D eigenvalue weighted by molar-refractivity contribution is 5.76. The molecule has 2 heterocycles. The van der Waals surface area contributed by atoms with Crippen molar-refractivity contribution in [3.05, 3.63) is 24.0 Å². The van der Waals surface area contributed by atoms with Gasteiger partial charge in [0.05, 0.1) is 18.3 Å². The van der Waals surface area contributed by atoms with Crippen LogP contribution in [0.5, 0.6) is 0 Å². The predicted octanol–water partition coefficient (Wildman–Crippen LogP) is 1.11. The van der Waals surface area contributed by atoms with Gasteiger partial charge < -0.3 is 18.9 Å². The van der Waals surface area contributed by atoms with Gasteiger partial charge in [-0.25, -0.2) is 0 Å². The van der Waals surface area contributed by atoms with Crippen LogP contribution in [0, 0.1) is 0 Å². The zero-order valence-corrected chi connectivity index (χ0v) is 14.9. The lowest BCUT2D eigenvalue weighted by atomic mass is 10.1. The van der Waals surface area contributed by atoms with Crippen LogP contribution in [0.2, 0.25) is 0 Å². The van der Waals surface area contributed by atoms with E-state index in [0.29, 0.717) is 6.61 Å². The summed E-state index contributed by atoms with van der Waals surface area (Å²) in [7, 11) is 5.52. The maximum atomic E-state index is 11.6. The Morgan fingerprint density at radius 1 is 1.48 bits per heavy atom. The molecule has 23 heavy (non-hydrogen) atoms. The summed E-state index contributed by atoms with van der Waals surface area (Å²) in [6, 6.07) is 4.21. The molecule has 0 radical (unpaired) electrons. The number of rotatable bonds is 6. The number of nitrogens with zero attached hydrogens (tertiary/aromatic N) is 3. The van der Waals surface area contributed by atoms with Crippen molar-refractivity contribution >= 4 is 5.91 Å². The average molecular weight is 323 g/mol. The summed E-state index contributed by atoms with van der Waals surface area (Å²) in [6.07, 6.45) is 2.04. The lowest BCUT2D eigenvalue weighted by Gasteiger charge is -2.42. The van der Waals surface area contributed by atoms with Gasteiger partial charge in [0.25, 0.3) is 0 Å². The molecule has 0 unspecified atom stereocenters. The van der Waals surface area contributed by atoms with E-state index in [0.717, 1.165) is 19.6 Å². The van der Waals surface area contributed by atoms with Gasteiger partial charge >= 0.3 is 0 Å². The summed E-state index contributed by atoms with van der Waals surface area (Å²) in [6.45, 7) is 7.32. The first kappa shape index (κ1) is 18.0. The van der Waals surface area contributed by atoms with Crippen LogP contribution in [-0.4, -0.2) is 72.4 Å². The minimum Gasteiger partial charge on any atom is -0.369 e. The second-order valence-corrected chi connectivity index (χ2v) is 7.08. The Hall–Kier alpha value is -1.37. The van der Waals surface area contributed by atoms with Crippen LogP contribution < -0.4 is 0 Å². The third-order valence-corrected chi connectivity index (χ3v) is 4.02. The van der Waals surface area contributed by atoms with E-state index in [-0.39, 0.29) is 24.2 Å². The van der Waals surface area contributed by atoms with Gasteiger partial charge in [0, 0.05) is 52.7 Å². The third-order valence-electron chi connectivity index (χ3n) is 4.02. The first-order chi connectivity index (χ1) is 10.8. The molecule has 1 saturated heterocycles. The number of hydrogen-bond acceptors (Lipinski definition) is 4. The molecular weight excluding hydrogens is 294 g/mol. The maximum absolute atomic E-state index is 11.6. The number of carbonyl (C=O) groups excluding carboxylic acids is 1. The van der Waals surface area contributed by atoms with E-state index in [4.69, 9.17) is 9.47 Å². The molecule has 0 aliphatic carbocycles. The van der Waals surface area contributed by atoms with E-state index in [1.165, 1.54) is 10.6 Å². The van der Waals surface area contributed by atoms with Gasteiger partial charge in [-0.1, -0.05) is 0 Å². The zero-order chi connectivity index (χ0) is 17.0. The zero-order valence-electron chi connectivity index (χ0n) is 14.9. The number of likely N-dealkylation sites (N-methyl/N-ethyl adjacent to an activating group) is 1. The van der Waals surface area contributed by atoms with Gasteiger partial charge in [-0.2, -0.15) is 0 Å². The minimum absolute atomic E-state index is 0.0195. The molecule has 1 aliphatic rings. The first-order valence-corrected chi connectivity index (χ1v) is 8.05. The Morgan fingerprint density at radius 2 is 2.22 bits per heavy atom. The van der Waals surface area contributed by atoms with Crippen LogP contribution >= 0.6 is 0 Å². The van der Waals surface area contributed by atoms with E-state index in [1.54, 1.807) is 14.1 Å². The highest BCUT2D eigenvalue weighted by Gasteiger charge is 2.33. The summed E-state index contributed by atoms with van der Waals surface area (Å²) in [4.78, 5) is 15.5. The van der Waals surface area contributed by atoms with Crippen LogP contribution in [0.1, 0.15) is 19.5 Å². The monoisotopic (exact) mass is 323 g/mol. The Bertz CT molecular complexity index is 525. The van der Waals surface area contributed by atoms with Crippen LogP contribution in [0.25, 0.3) is 0 Å². The second kappa shape index (κ2) is 7.47. The molecule has 1 fully saturated rings. The number of hydrogen-bond donors (Lipinski definition) is 0. The highest BCUT2D eigenvalue weighted by atomic mass is 16.5. The highest BCUT2D eigenvalue weighted by Crippen LogP contribution is 2.22. The fourth-order valence-electron chi connectivity index (χ4n) is 2.92. The molecule has 6 heteroatoms. The van der Waals surface area contributed by atoms with Crippen molar-refractivity contribution < 1.29 is 14.3 Å². The van der Waals surface area contributed by atoms with Crippen molar-refractivity contribution in [2.75, 3.05) is 40.4 Å². The summed E-state index contributed by atoms with van der Waals surface area (Å²) in [5, 5.41) is 0. The van der Waals surface area contributed by atoms with Gasteiger partial charge in [-0.15, -0.1) is 0 Å². The van der Waals surface area contributed by atoms with Gasteiger partial charge in [0.2, 0.25) is 5.91 Å². The van der Waals surface area contributed by atoms with Crippen molar-refractivity contribution in [3.8, 4) is 0 Å². The molecule has 0 bridgehead atoms. The fraction of sp³-hybridized carbons (Fsp3) is 0.706. The lowest BCUT2D eigenvalue weighted by molar-refractivity contribution is -0.161. The van der Waals surface area contributed by atoms with Crippen molar-refractivity contribution in [2.24, 2.45) is 7.05 Å². The Balaban J connectivity index is 1.88. The smallest absolute Gasteiger partial charge is 0.248 e. The molecule has 0 N–H and O–H groups in total. The summed E-state index contributed by atoms with van der Waals surface area (Å²) < 4.78 is 13.8. The third kappa shape index (κ3) is 5.34. The largest absolute Gasteiger partial charge is 0.369 e. The number of ether oxygens (including phenoxy) is 2. The molecule has 2 rings (SSSR count). The van der Waals surface area contributed by atoms with Gasteiger partial charge in [-0.3, -0.25) is 9.69 Å². The van der Waals surface area contributed by atoms with E-state index < -0.39 is 0 Å². The van der Waals surface area contributed by atoms with Crippen LogP contribution in [0.3, 0.4) is 0 Å². The van der Waals surface area contributed by atoms with Crippen LogP contribution in [0.15, 0.2) is 18.3 Å². The quantitative estimate of drug-likeness (QED) is 0.787. The van der Waals surface area contributed by atoms with Crippen molar-refractivity contribution in [1.29, 1.82) is 0 Å². The lowest BCUT2D eigenvalue weighted by Crippen LogP contribution is -2.53. The number of carbonyl (C=O) groups is 1. The molecule has 130 valence electrons. The minimum atomic E-state index is -0.219. The molecule has 1 amide bonds. The maximum Gasteiger partial charge on any atom is 0.248 e. The molecule has 1 aromatic heterocycles. The van der Waals surface area contributed by atoms with Crippen molar-refractivity contribution in [3.63, 3.8) is 0 Å². The number of morpholine rings is 1. The molecule has 1 aromatic rings. The summed E-state index contributed by atoms with van der Waals surface area (Å²) in [5.74, 6) is -0.0271. The average Bonchev–Trinajstić information content (AvgIpc) is 2.82. The second-order valence-electron chi connectivity index (χ2n) is 7.08. The predicted molar refractivity (Wildman–Crippen MR) is 89.2 cm³/mol. The molecular formula is C17H29N3O3. The summed E-state index contributed by atoms with van der Waals surface area (Å²) >= 11 is 0. The topological polar surface area (TPSA) is 46.9 Å². The Morgan fingerprint density at radius 3 is 2.83 bits per heavy atom. The Kier molecular flexibility index (Phi) is 5.84. The molecule has 0 aromatic carbocycles. The van der Waals surface area contributed by atoms with Crippen LogP contribution in [-0.2, 0) is 27.9 Å². The first-order valence-electron chi connectivity index (χ1n) is 8.05. The van der Waals surface area contributed by atoms with Crippen molar-refractivity contribution in [2.45, 2.75) is 32.1 Å². The van der Waals surface area contributed by atoms with E-state index in [9.17, 15) is 4.79 Å². The van der Waals surface area contributed by atoms with E-state index in [1.807, 2.05) is 0 Å². The van der Waals surface area contributed by atoms with Gasteiger partial charge in [0.15, 0.2) is 0 Å². The number of aromatic nitrogens is 1. The van der Waals surface area contributed by atoms with Crippen molar-refractivity contribution in [1.82, 2.24) is 14.4 Å². The van der Waals surface area contributed by atoms with E-state index in [2.05, 4.69) is 48.7 Å². The number of amides is 1. The van der Waals surface area contributed by atoms with E-state index >= 15 is 0 Å².